The zero-order valence-electron chi connectivity index (χ0n) is 17.3. The summed E-state index contributed by atoms with van der Waals surface area (Å²) in [7, 11) is 0. The summed E-state index contributed by atoms with van der Waals surface area (Å²) in [6.45, 7) is 6.25. The molecule has 1 aromatic rings. The fourth-order valence-corrected chi connectivity index (χ4v) is 6.09. The van der Waals surface area contributed by atoms with E-state index in [1.165, 1.54) is 12.1 Å². The molecule has 0 aromatic heterocycles. The van der Waals surface area contributed by atoms with Crippen molar-refractivity contribution < 1.29 is 33.9 Å². The molecule has 1 N–H and O–H groups in total. The largest absolute Gasteiger partial charge is 0.478 e. The van der Waals surface area contributed by atoms with Gasteiger partial charge in [0.1, 0.15) is 5.75 Å². The number of halogens is 1. The Balaban J connectivity index is 1.46. The molecule has 1 spiro atoms. The lowest BCUT2D eigenvalue weighted by Gasteiger charge is -2.60. The van der Waals surface area contributed by atoms with Crippen molar-refractivity contribution in [2.45, 2.75) is 70.4 Å². The van der Waals surface area contributed by atoms with E-state index in [4.69, 9.17) is 40.7 Å². The molecule has 1 saturated carbocycles. The minimum absolute atomic E-state index is 0.00104. The highest BCUT2D eigenvalue weighted by Crippen LogP contribution is 2.60. The molecule has 8 atom stereocenters. The van der Waals surface area contributed by atoms with E-state index in [0.29, 0.717) is 11.7 Å². The van der Waals surface area contributed by atoms with E-state index in [9.17, 15) is 4.79 Å². The van der Waals surface area contributed by atoms with E-state index in [1.54, 1.807) is 6.07 Å². The fourth-order valence-electron chi connectivity index (χ4n) is 5.86. The van der Waals surface area contributed by atoms with Crippen molar-refractivity contribution in [2.24, 2.45) is 23.7 Å². The van der Waals surface area contributed by atoms with Crippen molar-refractivity contribution in [1.29, 1.82) is 0 Å². The SMILES string of the molecule is C[C@H]1[C@@H](Oc2ccc(C(=O)O)cc2Cl)O[C@@H]2O[C@@]3(C)CC[C@H]4[C@H](C)CC[C@@H]1[C@@]24OO3. The number of carboxylic acid groups (broad SMARTS) is 1. The Morgan fingerprint density at radius 2 is 2.00 bits per heavy atom. The monoisotopic (exact) mass is 438 g/mol. The first-order valence-corrected chi connectivity index (χ1v) is 11.0. The maximum atomic E-state index is 11.2. The lowest BCUT2D eigenvalue weighted by molar-refractivity contribution is -0.575. The number of aromatic carboxylic acids is 1. The number of ether oxygens (including phenoxy) is 3. The summed E-state index contributed by atoms with van der Waals surface area (Å²) in [5.41, 5.74) is -0.542. The van der Waals surface area contributed by atoms with Crippen molar-refractivity contribution in [1.82, 2.24) is 0 Å². The summed E-state index contributed by atoms with van der Waals surface area (Å²) in [5.74, 6) is -0.581. The van der Waals surface area contributed by atoms with Gasteiger partial charge < -0.3 is 19.3 Å². The molecular formula is C22H27ClO7. The van der Waals surface area contributed by atoms with Crippen molar-refractivity contribution >= 4 is 17.6 Å². The van der Waals surface area contributed by atoms with Crippen molar-refractivity contribution in [3.05, 3.63) is 28.8 Å². The molecule has 0 radical (unpaired) electrons. The Morgan fingerprint density at radius 1 is 1.20 bits per heavy atom. The Morgan fingerprint density at radius 3 is 2.73 bits per heavy atom. The van der Waals surface area contributed by atoms with Crippen LogP contribution < -0.4 is 4.74 Å². The highest BCUT2D eigenvalue weighted by molar-refractivity contribution is 6.32. The summed E-state index contributed by atoms with van der Waals surface area (Å²) < 4.78 is 18.8. The van der Waals surface area contributed by atoms with E-state index in [0.717, 1.165) is 25.7 Å². The minimum atomic E-state index is -1.04. The molecule has 4 aliphatic heterocycles. The van der Waals surface area contributed by atoms with Crippen LogP contribution in [0.5, 0.6) is 5.75 Å². The van der Waals surface area contributed by atoms with Gasteiger partial charge in [-0.25, -0.2) is 14.6 Å². The van der Waals surface area contributed by atoms with E-state index >= 15 is 0 Å². The van der Waals surface area contributed by atoms with E-state index in [2.05, 4.69) is 13.8 Å². The first-order chi connectivity index (χ1) is 14.2. The molecule has 4 saturated heterocycles. The molecule has 5 aliphatic rings. The maximum absolute atomic E-state index is 11.2. The van der Waals surface area contributed by atoms with Gasteiger partial charge in [0.05, 0.1) is 10.6 Å². The average molecular weight is 439 g/mol. The van der Waals surface area contributed by atoms with Gasteiger partial charge in [-0.05, 0) is 56.2 Å². The van der Waals surface area contributed by atoms with E-state index < -0.39 is 29.9 Å². The summed E-state index contributed by atoms with van der Waals surface area (Å²) >= 11 is 6.29. The van der Waals surface area contributed by atoms with Crippen LogP contribution in [0.4, 0.5) is 0 Å². The van der Waals surface area contributed by atoms with Gasteiger partial charge in [0.25, 0.3) is 0 Å². The molecule has 30 heavy (non-hydrogen) atoms. The molecule has 8 heteroatoms. The number of carbonyl (C=O) groups is 1. The highest BCUT2D eigenvalue weighted by Gasteiger charge is 2.69. The molecule has 4 heterocycles. The van der Waals surface area contributed by atoms with Crippen LogP contribution in [0.2, 0.25) is 5.02 Å². The second-order valence-electron chi connectivity index (χ2n) is 9.34. The molecule has 7 nitrogen and oxygen atoms in total. The topological polar surface area (TPSA) is 83.5 Å². The van der Waals surface area contributed by atoms with Crippen LogP contribution >= 0.6 is 11.6 Å². The number of hydrogen-bond acceptors (Lipinski definition) is 6. The van der Waals surface area contributed by atoms with Gasteiger partial charge in [-0.15, -0.1) is 0 Å². The van der Waals surface area contributed by atoms with Crippen LogP contribution in [0.3, 0.4) is 0 Å². The maximum Gasteiger partial charge on any atom is 0.335 e. The lowest BCUT2D eigenvalue weighted by Crippen LogP contribution is -2.70. The quantitative estimate of drug-likeness (QED) is 0.689. The first kappa shape index (κ1) is 20.5. The number of hydrogen-bond donors (Lipinski definition) is 1. The van der Waals surface area contributed by atoms with Gasteiger partial charge in [0, 0.05) is 18.3 Å². The summed E-state index contributed by atoms with van der Waals surface area (Å²) in [6, 6.07) is 4.42. The fraction of sp³-hybridized carbons (Fsp3) is 0.682. The molecule has 0 amide bonds. The summed E-state index contributed by atoms with van der Waals surface area (Å²) in [4.78, 5) is 23.1. The molecule has 6 rings (SSSR count). The molecule has 1 aromatic carbocycles. The lowest BCUT2D eigenvalue weighted by atomic mass is 9.58. The summed E-state index contributed by atoms with van der Waals surface area (Å²) in [6.07, 6.45) is 2.59. The van der Waals surface area contributed by atoms with Crippen LogP contribution in [0, 0.1) is 23.7 Å². The Hall–Kier alpha value is -1.38. The van der Waals surface area contributed by atoms with Crippen LogP contribution in [0.25, 0.3) is 0 Å². The predicted molar refractivity (Wildman–Crippen MR) is 106 cm³/mol. The molecular weight excluding hydrogens is 412 g/mol. The van der Waals surface area contributed by atoms with Gasteiger partial charge in [0.15, 0.2) is 11.9 Å². The Kier molecular flexibility index (Phi) is 4.83. The average Bonchev–Trinajstić information content (AvgIpc) is 2.93. The highest BCUT2D eigenvalue weighted by atomic mass is 35.5. The number of benzene rings is 1. The van der Waals surface area contributed by atoms with Crippen molar-refractivity contribution in [2.75, 3.05) is 0 Å². The van der Waals surface area contributed by atoms with Crippen LogP contribution in [0.15, 0.2) is 18.2 Å². The molecule has 164 valence electrons. The molecule has 5 fully saturated rings. The molecule has 2 bridgehead atoms. The van der Waals surface area contributed by atoms with Crippen LogP contribution in [-0.2, 0) is 19.2 Å². The van der Waals surface area contributed by atoms with Crippen molar-refractivity contribution in [3.8, 4) is 5.75 Å². The summed E-state index contributed by atoms with van der Waals surface area (Å²) in [5, 5.41) is 9.39. The van der Waals surface area contributed by atoms with Gasteiger partial charge in [-0.1, -0.05) is 25.4 Å². The first-order valence-electron chi connectivity index (χ1n) is 10.6. The Bertz CT molecular complexity index is 862. The second kappa shape index (κ2) is 7.07. The van der Waals surface area contributed by atoms with Crippen LogP contribution in [0.1, 0.15) is 56.8 Å². The normalized spacial score (nSPS) is 44.8. The van der Waals surface area contributed by atoms with E-state index in [1.807, 2.05) is 6.92 Å². The standard InChI is InChI=1S/C22H27ClO7/c1-11-4-6-15-12(2)19(26-17-7-5-13(18(24)25)10-16(17)23)27-20-22(15)14(11)8-9-21(3,28-20)29-30-22/h5,7,10-12,14-15,19-20H,4,6,8-9H2,1-3H3,(H,24,25)/t11-,12-,14+,15+,19+,20-,21-,22-/m1/s1. The smallest absolute Gasteiger partial charge is 0.335 e. The van der Waals surface area contributed by atoms with Gasteiger partial charge >= 0.3 is 5.97 Å². The van der Waals surface area contributed by atoms with Crippen LogP contribution in [-0.4, -0.2) is 35.0 Å². The van der Waals surface area contributed by atoms with Gasteiger partial charge in [-0.3, -0.25) is 0 Å². The van der Waals surface area contributed by atoms with Crippen molar-refractivity contribution in [3.63, 3.8) is 0 Å². The minimum Gasteiger partial charge on any atom is -0.478 e. The van der Waals surface area contributed by atoms with Gasteiger partial charge in [0.2, 0.25) is 12.1 Å². The Labute approximate surface area is 180 Å². The number of carboxylic acids is 1. The number of fused-ring (bicyclic) bond motifs is 2. The predicted octanol–water partition coefficient (Wildman–Crippen LogP) is 4.63. The van der Waals surface area contributed by atoms with Gasteiger partial charge in [-0.2, -0.15) is 0 Å². The second-order valence-corrected chi connectivity index (χ2v) is 9.75. The van der Waals surface area contributed by atoms with E-state index in [-0.39, 0.29) is 28.3 Å². The third-order valence-electron chi connectivity index (χ3n) is 7.52. The zero-order chi connectivity index (χ0) is 21.3. The third-order valence-corrected chi connectivity index (χ3v) is 7.81. The third kappa shape index (κ3) is 2.98. The molecule has 0 unspecified atom stereocenters. The molecule has 1 aliphatic carbocycles. The number of rotatable bonds is 3. The zero-order valence-corrected chi connectivity index (χ0v) is 18.1.